The monoisotopic (exact) mass is 443 g/mol. The van der Waals surface area contributed by atoms with E-state index in [4.69, 9.17) is 5.73 Å². The number of carbonyl (C=O) groups excluding carboxylic acids is 1. The van der Waals surface area contributed by atoms with Gasteiger partial charge in [-0.25, -0.2) is 14.0 Å². The second-order valence-corrected chi connectivity index (χ2v) is 8.38. The number of anilines is 1. The molecule has 1 atom stereocenters. The normalized spacial score (nSPS) is 20.1. The highest BCUT2D eigenvalue weighted by atomic mass is 19.1. The van der Waals surface area contributed by atoms with Gasteiger partial charge < -0.3 is 16.0 Å². The second-order valence-electron chi connectivity index (χ2n) is 8.38. The van der Waals surface area contributed by atoms with Crippen LogP contribution in [0.1, 0.15) is 24.8 Å². The van der Waals surface area contributed by atoms with Gasteiger partial charge in [0, 0.05) is 50.5 Å². The zero-order valence-electron chi connectivity index (χ0n) is 18.1. The second kappa shape index (κ2) is 10.2. The first kappa shape index (κ1) is 22.4. The molecule has 2 aromatic rings. The molecule has 3 heterocycles. The molecule has 10 heteroatoms. The average Bonchev–Trinajstić information content (AvgIpc) is 3.00. The van der Waals surface area contributed by atoms with Gasteiger partial charge in [0.05, 0.1) is 5.69 Å². The minimum atomic E-state index is -0.586. The predicted octanol–water partition coefficient (Wildman–Crippen LogP) is 1.12. The fraction of sp³-hybridized carbons (Fsp3) is 0.500. The van der Waals surface area contributed by atoms with Gasteiger partial charge in [0.15, 0.2) is 0 Å². The number of urea groups is 1. The van der Waals surface area contributed by atoms with E-state index in [2.05, 4.69) is 20.5 Å². The number of aromatic nitrogens is 2. The van der Waals surface area contributed by atoms with Crippen LogP contribution in [-0.4, -0.2) is 70.7 Å². The summed E-state index contributed by atoms with van der Waals surface area (Å²) in [7, 11) is 0. The van der Waals surface area contributed by atoms with Crippen molar-refractivity contribution in [1.29, 1.82) is 0 Å². The molecular formula is C22H30FN7O2. The number of piperazine rings is 1. The lowest BCUT2D eigenvalue weighted by atomic mass is 10.1. The highest BCUT2D eigenvalue weighted by Gasteiger charge is 2.18. The molecule has 1 aromatic heterocycles. The molecule has 2 amide bonds. The third kappa shape index (κ3) is 5.50. The number of likely N-dealkylation sites (tertiary alicyclic amines) is 1. The maximum atomic E-state index is 14.8. The van der Waals surface area contributed by atoms with Gasteiger partial charge in [-0.3, -0.25) is 14.8 Å². The lowest BCUT2D eigenvalue weighted by Gasteiger charge is -2.27. The Bertz CT molecular complexity index is 1010. The Morgan fingerprint density at radius 3 is 2.75 bits per heavy atom. The number of hydrogen-bond acceptors (Lipinski definition) is 6. The maximum Gasteiger partial charge on any atom is 0.354 e. The summed E-state index contributed by atoms with van der Waals surface area (Å²) in [5, 5.41) is 5.83. The van der Waals surface area contributed by atoms with Crippen molar-refractivity contribution in [3.8, 4) is 5.69 Å². The van der Waals surface area contributed by atoms with Crippen molar-refractivity contribution < 1.29 is 9.18 Å². The summed E-state index contributed by atoms with van der Waals surface area (Å²) >= 11 is 0. The van der Waals surface area contributed by atoms with E-state index < -0.39 is 5.69 Å². The fourth-order valence-corrected chi connectivity index (χ4v) is 4.12. The van der Waals surface area contributed by atoms with Crippen molar-refractivity contribution in [3.63, 3.8) is 0 Å². The summed E-state index contributed by atoms with van der Waals surface area (Å²) < 4.78 is 16.1. The molecule has 2 aliphatic heterocycles. The first-order valence-electron chi connectivity index (χ1n) is 11.1. The lowest BCUT2D eigenvalue weighted by Crippen LogP contribution is -2.48. The van der Waals surface area contributed by atoms with Crippen molar-refractivity contribution in [1.82, 2.24) is 24.7 Å². The first-order chi connectivity index (χ1) is 15.5. The van der Waals surface area contributed by atoms with Crippen LogP contribution in [0.15, 0.2) is 35.3 Å². The van der Waals surface area contributed by atoms with Crippen LogP contribution >= 0.6 is 0 Å². The van der Waals surface area contributed by atoms with E-state index in [-0.39, 0.29) is 23.7 Å². The summed E-state index contributed by atoms with van der Waals surface area (Å²) in [4.78, 5) is 32.6. The van der Waals surface area contributed by atoms with Crippen LogP contribution in [0.3, 0.4) is 0 Å². The Kier molecular flexibility index (Phi) is 7.13. The molecule has 0 radical (unpaired) electrons. The molecule has 2 saturated heterocycles. The van der Waals surface area contributed by atoms with Crippen molar-refractivity contribution in [3.05, 3.63) is 52.3 Å². The standard InChI is InChI=1S/C22H30FN7O2/c23-19-14-18(4-3-16(19)15-28-9-1-2-17(24)5-10-28)30-11-6-20(27-22(30)32)26-21(31)29-12-7-25-8-13-29/h3-4,6,11,14,17,25H,1-2,5,7-10,12-13,15,24H2,(H,26,27,31,32). The Balaban J connectivity index is 1.43. The molecule has 1 unspecified atom stereocenters. The molecule has 1 aromatic carbocycles. The van der Waals surface area contributed by atoms with Crippen LogP contribution in [0.4, 0.5) is 15.0 Å². The summed E-state index contributed by atoms with van der Waals surface area (Å²) in [6, 6.07) is 6.23. The van der Waals surface area contributed by atoms with Crippen LogP contribution in [0.25, 0.3) is 5.69 Å². The Morgan fingerprint density at radius 2 is 2.00 bits per heavy atom. The average molecular weight is 444 g/mol. The molecule has 0 saturated carbocycles. The van der Waals surface area contributed by atoms with Crippen LogP contribution in [0.2, 0.25) is 0 Å². The molecule has 2 fully saturated rings. The van der Waals surface area contributed by atoms with E-state index in [1.165, 1.54) is 22.9 Å². The highest BCUT2D eigenvalue weighted by Crippen LogP contribution is 2.18. The molecule has 9 nitrogen and oxygen atoms in total. The van der Waals surface area contributed by atoms with Crippen LogP contribution in [0.5, 0.6) is 0 Å². The van der Waals surface area contributed by atoms with E-state index in [1.807, 2.05) is 0 Å². The molecule has 172 valence electrons. The number of nitrogens with zero attached hydrogens (tertiary/aromatic N) is 4. The number of nitrogens with two attached hydrogens (primary N) is 1. The van der Waals surface area contributed by atoms with Crippen molar-refractivity contribution >= 4 is 11.8 Å². The van der Waals surface area contributed by atoms with Crippen molar-refractivity contribution in [2.24, 2.45) is 5.73 Å². The Labute approximate surface area is 186 Å². The van der Waals surface area contributed by atoms with Crippen molar-refractivity contribution in [2.75, 3.05) is 44.6 Å². The molecule has 4 N–H and O–H groups in total. The third-order valence-electron chi connectivity index (χ3n) is 6.02. The van der Waals surface area contributed by atoms with Gasteiger partial charge in [-0.05, 0) is 50.6 Å². The number of rotatable bonds is 4. The van der Waals surface area contributed by atoms with Gasteiger partial charge in [0.1, 0.15) is 11.6 Å². The van der Waals surface area contributed by atoms with E-state index >= 15 is 0 Å². The van der Waals surface area contributed by atoms with Gasteiger partial charge in [-0.2, -0.15) is 4.98 Å². The van der Waals surface area contributed by atoms with E-state index in [9.17, 15) is 14.0 Å². The maximum absolute atomic E-state index is 14.8. The summed E-state index contributed by atoms with van der Waals surface area (Å²) in [6.07, 6.45) is 4.42. The molecule has 4 rings (SSSR count). The highest BCUT2D eigenvalue weighted by molar-refractivity contribution is 5.88. The lowest BCUT2D eigenvalue weighted by molar-refractivity contribution is 0.204. The van der Waals surface area contributed by atoms with Gasteiger partial charge in [-0.15, -0.1) is 0 Å². The number of hydrogen-bond donors (Lipinski definition) is 3. The topological polar surface area (TPSA) is 109 Å². The predicted molar refractivity (Wildman–Crippen MR) is 120 cm³/mol. The molecule has 2 aliphatic rings. The van der Waals surface area contributed by atoms with E-state index in [0.717, 1.165) is 45.4 Å². The quantitative estimate of drug-likeness (QED) is 0.654. The smallest absolute Gasteiger partial charge is 0.328 e. The fourth-order valence-electron chi connectivity index (χ4n) is 4.12. The van der Waals surface area contributed by atoms with E-state index in [1.54, 1.807) is 17.0 Å². The van der Waals surface area contributed by atoms with Gasteiger partial charge in [0.2, 0.25) is 0 Å². The molecule has 32 heavy (non-hydrogen) atoms. The largest absolute Gasteiger partial charge is 0.354 e. The number of carbonyl (C=O) groups is 1. The molecule has 0 aliphatic carbocycles. The molecular weight excluding hydrogens is 413 g/mol. The van der Waals surface area contributed by atoms with Crippen LogP contribution < -0.4 is 22.1 Å². The Morgan fingerprint density at radius 1 is 1.19 bits per heavy atom. The SMILES string of the molecule is NC1CCCN(Cc2ccc(-n3ccc(NC(=O)N4CCNCC4)nc3=O)cc2F)CC1. The minimum absolute atomic E-state index is 0.172. The summed E-state index contributed by atoms with van der Waals surface area (Å²) in [5.41, 5.74) is 6.42. The first-order valence-corrected chi connectivity index (χ1v) is 11.1. The third-order valence-corrected chi connectivity index (χ3v) is 6.02. The number of nitrogens with one attached hydrogen (secondary N) is 2. The van der Waals surface area contributed by atoms with E-state index in [0.29, 0.717) is 30.9 Å². The van der Waals surface area contributed by atoms with Gasteiger partial charge >= 0.3 is 11.7 Å². The molecule has 0 bridgehead atoms. The number of halogens is 1. The van der Waals surface area contributed by atoms with Gasteiger partial charge in [-0.1, -0.05) is 6.07 Å². The molecule has 0 spiro atoms. The van der Waals surface area contributed by atoms with Crippen molar-refractivity contribution in [2.45, 2.75) is 31.8 Å². The number of amides is 2. The Hall–Kier alpha value is -2.82. The minimum Gasteiger partial charge on any atom is -0.328 e. The summed E-state index contributed by atoms with van der Waals surface area (Å²) in [6.45, 7) is 4.93. The van der Waals surface area contributed by atoms with Crippen LogP contribution in [-0.2, 0) is 6.54 Å². The summed E-state index contributed by atoms with van der Waals surface area (Å²) in [5.74, 6) is -0.190. The van der Waals surface area contributed by atoms with Crippen LogP contribution in [0, 0.1) is 5.82 Å². The van der Waals surface area contributed by atoms with Gasteiger partial charge in [0.25, 0.3) is 0 Å². The number of benzene rings is 1. The zero-order chi connectivity index (χ0) is 22.5. The zero-order valence-corrected chi connectivity index (χ0v) is 18.1.